The van der Waals surface area contributed by atoms with E-state index in [9.17, 15) is 26.7 Å². The number of hydrogen-bond donors (Lipinski definition) is 3. The summed E-state index contributed by atoms with van der Waals surface area (Å²) >= 11 is 0. The molecule has 3 aromatic heterocycles. The molecule has 1 amide bonds. The number of carbonyl (C=O) groups excluding carboxylic acids is 1. The van der Waals surface area contributed by atoms with E-state index in [1.807, 2.05) is 6.07 Å². The van der Waals surface area contributed by atoms with Crippen molar-refractivity contribution in [1.82, 2.24) is 29.7 Å². The molecule has 0 spiro atoms. The number of nitrogens with zero attached hydrogens (tertiary/aromatic N) is 6. The molecular formula is C20H21F5N8O3. The molecule has 2 atom stereocenters. The fraction of sp³-hybridized carbons (Fsp3) is 0.450. The Bertz CT molecular complexity index is 1260. The molecule has 194 valence electrons. The quantitative estimate of drug-likeness (QED) is 0.451. The number of aromatic nitrogens is 5. The number of nitrogens with one attached hydrogen (secondary N) is 2. The van der Waals surface area contributed by atoms with E-state index in [-0.39, 0.29) is 11.3 Å². The van der Waals surface area contributed by atoms with Crippen molar-refractivity contribution in [2.45, 2.75) is 37.5 Å². The van der Waals surface area contributed by atoms with Crippen LogP contribution in [0.4, 0.5) is 33.5 Å². The summed E-state index contributed by atoms with van der Waals surface area (Å²) in [6.45, 7) is 1.73. The summed E-state index contributed by atoms with van der Waals surface area (Å²) in [5.74, 6) is -2.53. The zero-order valence-corrected chi connectivity index (χ0v) is 18.7. The second-order valence-electron chi connectivity index (χ2n) is 8.31. The number of rotatable bonds is 4. The maximum Gasteiger partial charge on any atom is 0.490 e. The van der Waals surface area contributed by atoms with Gasteiger partial charge in [0.25, 0.3) is 12.3 Å². The van der Waals surface area contributed by atoms with Crippen LogP contribution in [-0.4, -0.2) is 72.7 Å². The number of aryl methyl sites for hydroxylation is 1. The molecule has 2 aliphatic heterocycles. The third-order valence-electron chi connectivity index (χ3n) is 5.69. The Labute approximate surface area is 199 Å². The van der Waals surface area contributed by atoms with Gasteiger partial charge in [-0.2, -0.15) is 23.4 Å². The van der Waals surface area contributed by atoms with Gasteiger partial charge in [-0.1, -0.05) is 0 Å². The van der Waals surface area contributed by atoms with Gasteiger partial charge in [-0.3, -0.25) is 9.48 Å². The first-order valence-electron chi connectivity index (χ1n) is 10.7. The molecule has 3 N–H and O–H groups in total. The molecule has 16 heteroatoms. The van der Waals surface area contributed by atoms with E-state index in [0.29, 0.717) is 17.7 Å². The average Bonchev–Trinajstić information content (AvgIpc) is 3.49. The highest BCUT2D eigenvalue weighted by atomic mass is 19.4. The van der Waals surface area contributed by atoms with Gasteiger partial charge < -0.3 is 20.6 Å². The Morgan fingerprint density at radius 3 is 2.44 bits per heavy atom. The van der Waals surface area contributed by atoms with E-state index in [0.717, 1.165) is 31.7 Å². The summed E-state index contributed by atoms with van der Waals surface area (Å²) in [6.07, 6.45) is -1.07. The lowest BCUT2D eigenvalue weighted by molar-refractivity contribution is -0.192. The van der Waals surface area contributed by atoms with Crippen molar-refractivity contribution < 1.29 is 36.6 Å². The lowest BCUT2D eigenvalue weighted by Gasteiger charge is -2.33. The number of amides is 1. The maximum absolute atomic E-state index is 13.1. The number of carbonyl (C=O) groups is 2. The van der Waals surface area contributed by atoms with Crippen LogP contribution in [0.5, 0.6) is 0 Å². The van der Waals surface area contributed by atoms with Gasteiger partial charge in [-0.05, 0) is 18.9 Å². The van der Waals surface area contributed by atoms with Crippen molar-refractivity contribution >= 4 is 29.0 Å². The lowest BCUT2D eigenvalue weighted by atomic mass is 10.2. The topological polar surface area (TPSA) is 130 Å². The highest BCUT2D eigenvalue weighted by Crippen LogP contribution is 2.27. The first-order valence-corrected chi connectivity index (χ1v) is 10.7. The van der Waals surface area contributed by atoms with E-state index in [4.69, 9.17) is 9.90 Å². The van der Waals surface area contributed by atoms with Gasteiger partial charge >= 0.3 is 12.1 Å². The van der Waals surface area contributed by atoms with Crippen LogP contribution in [0.25, 0.3) is 5.65 Å². The van der Waals surface area contributed by atoms with E-state index in [2.05, 4.69) is 30.7 Å². The van der Waals surface area contributed by atoms with Gasteiger partial charge in [-0.25, -0.2) is 23.1 Å². The van der Waals surface area contributed by atoms with Crippen LogP contribution in [0.3, 0.4) is 0 Å². The molecule has 2 fully saturated rings. The Morgan fingerprint density at radius 2 is 1.86 bits per heavy atom. The van der Waals surface area contributed by atoms with E-state index in [1.54, 1.807) is 6.20 Å². The number of aliphatic carboxylic acids is 1. The SMILES string of the molecule is Cn1cc(NC(=O)c2cnn3ccc(N4CC5CCC(C4)N5)nc23)c(C(F)F)n1.O=C(O)C(F)(F)F. The van der Waals surface area contributed by atoms with Crippen LogP contribution in [0.2, 0.25) is 0 Å². The monoisotopic (exact) mass is 516 g/mol. The molecule has 0 saturated carbocycles. The third-order valence-corrected chi connectivity index (χ3v) is 5.69. The van der Waals surface area contributed by atoms with Crippen LogP contribution in [-0.2, 0) is 11.8 Å². The molecule has 2 bridgehead atoms. The van der Waals surface area contributed by atoms with Crippen molar-refractivity contribution in [1.29, 1.82) is 0 Å². The average molecular weight is 516 g/mol. The number of alkyl halides is 5. The van der Waals surface area contributed by atoms with Crippen LogP contribution in [0, 0.1) is 0 Å². The third kappa shape index (κ3) is 5.37. The van der Waals surface area contributed by atoms with Gasteiger partial charge in [0.1, 0.15) is 11.4 Å². The zero-order valence-electron chi connectivity index (χ0n) is 18.7. The van der Waals surface area contributed by atoms with E-state index in [1.165, 1.54) is 28.6 Å². The normalized spacial score (nSPS) is 19.4. The van der Waals surface area contributed by atoms with E-state index >= 15 is 0 Å². The van der Waals surface area contributed by atoms with Crippen LogP contribution >= 0.6 is 0 Å². The van der Waals surface area contributed by atoms with Gasteiger partial charge in [0, 0.05) is 44.6 Å². The first-order chi connectivity index (χ1) is 16.9. The summed E-state index contributed by atoms with van der Waals surface area (Å²) in [5.41, 5.74) is 0.103. The first kappa shape index (κ1) is 25.3. The molecule has 3 aromatic rings. The number of carboxylic acids is 1. The second-order valence-corrected chi connectivity index (χ2v) is 8.31. The van der Waals surface area contributed by atoms with E-state index < -0.39 is 30.2 Å². The van der Waals surface area contributed by atoms with Gasteiger partial charge in [0.2, 0.25) is 0 Å². The summed E-state index contributed by atoms with van der Waals surface area (Å²) in [4.78, 5) is 28.5. The predicted octanol–water partition coefficient (Wildman–Crippen LogP) is 2.23. The lowest BCUT2D eigenvalue weighted by Crippen LogP contribution is -2.51. The Hall–Kier alpha value is -3.82. The molecule has 2 aliphatic rings. The minimum atomic E-state index is -5.08. The molecule has 36 heavy (non-hydrogen) atoms. The van der Waals surface area contributed by atoms with Gasteiger partial charge in [0.15, 0.2) is 11.3 Å². The second kappa shape index (κ2) is 9.67. The van der Waals surface area contributed by atoms with Crippen molar-refractivity contribution in [2.75, 3.05) is 23.3 Å². The molecule has 2 saturated heterocycles. The molecule has 2 unspecified atom stereocenters. The smallest absolute Gasteiger partial charge is 0.475 e. The zero-order chi connectivity index (χ0) is 26.2. The maximum atomic E-state index is 13.1. The molecule has 11 nitrogen and oxygen atoms in total. The molecule has 0 aliphatic carbocycles. The van der Waals surface area contributed by atoms with Crippen LogP contribution in [0.15, 0.2) is 24.7 Å². The summed E-state index contributed by atoms with van der Waals surface area (Å²) < 4.78 is 60.8. The van der Waals surface area contributed by atoms with Gasteiger partial charge in [-0.15, -0.1) is 0 Å². The number of piperazine rings is 1. The molecule has 0 radical (unpaired) electrons. The molecule has 5 heterocycles. The highest BCUT2D eigenvalue weighted by molar-refractivity contribution is 6.08. The fourth-order valence-corrected chi connectivity index (χ4v) is 4.13. The van der Waals surface area contributed by atoms with Crippen LogP contribution in [0.1, 0.15) is 35.3 Å². The number of anilines is 2. The Balaban J connectivity index is 0.000000384. The number of hydrogen-bond acceptors (Lipinski definition) is 7. The number of halogens is 5. The van der Waals surface area contributed by atoms with Crippen molar-refractivity contribution in [3.8, 4) is 0 Å². The summed E-state index contributed by atoms with van der Waals surface area (Å²) in [5, 5.41) is 21.1. The minimum absolute atomic E-state index is 0.0262. The highest BCUT2D eigenvalue weighted by Gasteiger charge is 2.38. The summed E-state index contributed by atoms with van der Waals surface area (Å²) in [6, 6.07) is 2.79. The predicted molar refractivity (Wildman–Crippen MR) is 115 cm³/mol. The minimum Gasteiger partial charge on any atom is -0.475 e. The fourth-order valence-electron chi connectivity index (χ4n) is 4.13. The molecule has 0 aromatic carbocycles. The molecule has 5 rings (SSSR count). The standard InChI is InChI=1S/C18H20F2N8O.C2HF3O2/c1-26-9-13(15(25-26)16(19)20)23-18(29)12-6-21-28-5-4-14(24-17(12)28)27-7-10-2-3-11(8-27)22-10;3-2(4,5)1(6)7/h4-6,9-11,16,22H,2-3,7-8H2,1H3,(H,23,29);(H,6,7). The van der Waals surface area contributed by atoms with Crippen molar-refractivity contribution in [3.05, 3.63) is 35.9 Å². The number of fused-ring (bicyclic) bond motifs is 3. The van der Waals surface area contributed by atoms with Crippen LogP contribution < -0.4 is 15.5 Å². The summed E-state index contributed by atoms with van der Waals surface area (Å²) in [7, 11) is 1.52. The van der Waals surface area contributed by atoms with Crippen molar-refractivity contribution in [3.63, 3.8) is 0 Å². The Kier molecular flexibility index (Phi) is 6.79. The van der Waals surface area contributed by atoms with Gasteiger partial charge in [0.05, 0.1) is 11.9 Å². The number of carboxylic acid groups (broad SMARTS) is 1. The molecular weight excluding hydrogens is 495 g/mol. The van der Waals surface area contributed by atoms with Crippen molar-refractivity contribution in [2.24, 2.45) is 7.05 Å². The Morgan fingerprint density at radius 1 is 1.22 bits per heavy atom. The largest absolute Gasteiger partial charge is 0.490 e.